The Bertz CT molecular complexity index is 609. The zero-order valence-corrected chi connectivity index (χ0v) is 14.0. The number of hydrogen-bond acceptors (Lipinski definition) is 4. The van der Waals surface area contributed by atoms with Crippen LogP contribution >= 0.6 is 0 Å². The maximum absolute atomic E-state index is 10.5. The predicted octanol–water partition coefficient (Wildman–Crippen LogP) is 2.72. The van der Waals surface area contributed by atoms with Crippen molar-refractivity contribution in [1.82, 2.24) is 4.90 Å². The zero-order valence-electron chi connectivity index (χ0n) is 14.0. The Morgan fingerprint density at radius 3 is 2.33 bits per heavy atom. The van der Waals surface area contributed by atoms with Gasteiger partial charge in [0.1, 0.15) is 12.4 Å². The molecule has 1 aliphatic heterocycles. The molecule has 2 aromatic rings. The number of benzene rings is 2. The minimum Gasteiger partial charge on any atom is -0.489 e. The van der Waals surface area contributed by atoms with Crippen LogP contribution in [-0.4, -0.2) is 35.7 Å². The molecule has 0 spiro atoms. The summed E-state index contributed by atoms with van der Waals surface area (Å²) in [6.45, 7) is 3.46. The summed E-state index contributed by atoms with van der Waals surface area (Å²) in [6.07, 6.45) is 1.82. The maximum atomic E-state index is 10.5. The van der Waals surface area contributed by atoms with Gasteiger partial charge in [-0.05, 0) is 49.2 Å². The van der Waals surface area contributed by atoms with E-state index in [0.717, 1.165) is 36.5 Å². The Morgan fingerprint density at radius 1 is 1.00 bits per heavy atom. The number of nitrogens with zero attached hydrogens (tertiary/aromatic N) is 1. The molecule has 0 bridgehead atoms. The van der Waals surface area contributed by atoms with E-state index in [9.17, 15) is 5.11 Å². The summed E-state index contributed by atoms with van der Waals surface area (Å²) in [4.78, 5) is 2.32. The summed E-state index contributed by atoms with van der Waals surface area (Å²) >= 11 is 0. The van der Waals surface area contributed by atoms with Crippen molar-refractivity contribution in [3.8, 4) is 5.75 Å². The summed E-state index contributed by atoms with van der Waals surface area (Å²) < 4.78 is 5.77. The van der Waals surface area contributed by atoms with E-state index in [1.54, 1.807) is 0 Å². The van der Waals surface area contributed by atoms with Crippen molar-refractivity contribution >= 4 is 0 Å². The third-order valence-corrected chi connectivity index (χ3v) is 4.54. The van der Waals surface area contributed by atoms with E-state index in [1.807, 2.05) is 54.6 Å². The summed E-state index contributed by atoms with van der Waals surface area (Å²) in [5, 5.41) is 10.5. The summed E-state index contributed by atoms with van der Waals surface area (Å²) in [7, 11) is 0. The Labute approximate surface area is 143 Å². The van der Waals surface area contributed by atoms with Crippen molar-refractivity contribution in [1.29, 1.82) is 0 Å². The molecule has 0 aliphatic carbocycles. The van der Waals surface area contributed by atoms with Gasteiger partial charge in [-0.25, -0.2) is 0 Å². The quantitative estimate of drug-likeness (QED) is 0.821. The molecule has 0 radical (unpaired) electrons. The molecule has 3 N–H and O–H groups in total. The lowest BCUT2D eigenvalue weighted by Crippen LogP contribution is -2.40. The highest BCUT2D eigenvalue weighted by Crippen LogP contribution is 2.21. The standard InChI is InChI=1S/C20H26N2O2/c21-19(14-22-12-4-5-13-22)20(23)17-8-10-18(11-9-17)24-15-16-6-2-1-3-7-16/h1-3,6-11,19-20,23H,4-5,12-15,21H2. The van der Waals surface area contributed by atoms with Crippen molar-refractivity contribution < 1.29 is 9.84 Å². The van der Waals surface area contributed by atoms with Gasteiger partial charge in [-0.1, -0.05) is 42.5 Å². The number of hydrogen-bond donors (Lipinski definition) is 2. The van der Waals surface area contributed by atoms with Crippen LogP contribution in [0.15, 0.2) is 54.6 Å². The number of aliphatic hydroxyl groups excluding tert-OH is 1. The van der Waals surface area contributed by atoms with Crippen molar-refractivity contribution in [2.24, 2.45) is 5.73 Å². The second-order valence-corrected chi connectivity index (χ2v) is 6.46. The van der Waals surface area contributed by atoms with Gasteiger partial charge in [0.15, 0.2) is 0 Å². The molecule has 0 amide bonds. The van der Waals surface area contributed by atoms with Crippen LogP contribution in [-0.2, 0) is 6.61 Å². The van der Waals surface area contributed by atoms with Gasteiger partial charge in [-0.15, -0.1) is 0 Å². The van der Waals surface area contributed by atoms with E-state index >= 15 is 0 Å². The highest BCUT2D eigenvalue weighted by atomic mass is 16.5. The lowest BCUT2D eigenvalue weighted by atomic mass is 10.0. The SMILES string of the molecule is NC(CN1CCCC1)C(O)c1ccc(OCc2ccccc2)cc1. The summed E-state index contributed by atoms with van der Waals surface area (Å²) in [6, 6.07) is 17.4. The predicted molar refractivity (Wildman–Crippen MR) is 95.8 cm³/mol. The van der Waals surface area contributed by atoms with Crippen LogP contribution in [0.2, 0.25) is 0 Å². The number of aliphatic hydroxyl groups is 1. The molecular formula is C20H26N2O2. The van der Waals surface area contributed by atoms with Gasteiger partial charge in [0.05, 0.1) is 6.10 Å². The first-order valence-electron chi connectivity index (χ1n) is 8.65. The average Bonchev–Trinajstić information content (AvgIpc) is 3.13. The largest absolute Gasteiger partial charge is 0.489 e. The minimum atomic E-state index is -0.645. The van der Waals surface area contributed by atoms with E-state index in [1.165, 1.54) is 12.8 Å². The van der Waals surface area contributed by atoms with E-state index in [2.05, 4.69) is 4.90 Å². The van der Waals surface area contributed by atoms with E-state index in [-0.39, 0.29) is 6.04 Å². The van der Waals surface area contributed by atoms with Crippen LogP contribution in [0.4, 0.5) is 0 Å². The van der Waals surface area contributed by atoms with Gasteiger partial charge < -0.3 is 20.5 Å². The first-order chi connectivity index (χ1) is 11.7. The number of ether oxygens (including phenoxy) is 1. The summed E-state index contributed by atoms with van der Waals surface area (Å²) in [5.74, 6) is 0.794. The third-order valence-electron chi connectivity index (χ3n) is 4.54. The highest BCUT2D eigenvalue weighted by Gasteiger charge is 2.21. The minimum absolute atomic E-state index is 0.265. The Morgan fingerprint density at radius 2 is 1.67 bits per heavy atom. The molecule has 2 unspecified atom stereocenters. The first kappa shape index (κ1) is 17.0. The molecule has 128 valence electrons. The molecule has 4 heteroatoms. The van der Waals surface area contributed by atoms with Crippen molar-refractivity contribution in [3.63, 3.8) is 0 Å². The van der Waals surface area contributed by atoms with Crippen molar-refractivity contribution in [2.45, 2.75) is 31.6 Å². The highest BCUT2D eigenvalue weighted by molar-refractivity contribution is 5.29. The monoisotopic (exact) mass is 326 g/mol. The Hall–Kier alpha value is -1.88. The molecular weight excluding hydrogens is 300 g/mol. The fraction of sp³-hybridized carbons (Fsp3) is 0.400. The van der Waals surface area contributed by atoms with Crippen LogP contribution < -0.4 is 10.5 Å². The molecule has 0 aromatic heterocycles. The second-order valence-electron chi connectivity index (χ2n) is 6.46. The molecule has 1 aliphatic rings. The maximum Gasteiger partial charge on any atom is 0.119 e. The summed E-state index contributed by atoms with van der Waals surface area (Å²) in [5.41, 5.74) is 8.15. The molecule has 0 saturated carbocycles. The fourth-order valence-corrected chi connectivity index (χ4v) is 3.11. The van der Waals surface area contributed by atoms with Crippen LogP contribution in [0.5, 0.6) is 5.75 Å². The topological polar surface area (TPSA) is 58.7 Å². The number of rotatable bonds is 7. The second kappa shape index (κ2) is 8.29. The molecule has 1 fully saturated rings. The van der Waals surface area contributed by atoms with E-state index < -0.39 is 6.10 Å². The van der Waals surface area contributed by atoms with Gasteiger partial charge in [0, 0.05) is 12.6 Å². The zero-order chi connectivity index (χ0) is 16.8. The van der Waals surface area contributed by atoms with Crippen LogP contribution in [0.3, 0.4) is 0 Å². The van der Waals surface area contributed by atoms with Crippen LogP contribution in [0.25, 0.3) is 0 Å². The van der Waals surface area contributed by atoms with Crippen molar-refractivity contribution in [2.75, 3.05) is 19.6 Å². The molecule has 2 aromatic carbocycles. The number of nitrogens with two attached hydrogens (primary N) is 1. The van der Waals surface area contributed by atoms with E-state index in [4.69, 9.17) is 10.5 Å². The molecule has 1 heterocycles. The molecule has 2 atom stereocenters. The molecule has 4 nitrogen and oxygen atoms in total. The molecule has 24 heavy (non-hydrogen) atoms. The van der Waals surface area contributed by atoms with Gasteiger partial charge in [0.25, 0.3) is 0 Å². The molecule has 1 saturated heterocycles. The first-order valence-corrected chi connectivity index (χ1v) is 8.65. The molecule has 3 rings (SSSR count). The smallest absolute Gasteiger partial charge is 0.119 e. The van der Waals surface area contributed by atoms with Gasteiger partial charge >= 0.3 is 0 Å². The Kier molecular flexibility index (Phi) is 5.86. The van der Waals surface area contributed by atoms with Gasteiger partial charge in [-0.2, -0.15) is 0 Å². The van der Waals surface area contributed by atoms with Gasteiger partial charge in [-0.3, -0.25) is 0 Å². The average molecular weight is 326 g/mol. The van der Waals surface area contributed by atoms with Gasteiger partial charge in [0.2, 0.25) is 0 Å². The van der Waals surface area contributed by atoms with Crippen molar-refractivity contribution in [3.05, 3.63) is 65.7 Å². The lowest BCUT2D eigenvalue weighted by molar-refractivity contribution is 0.125. The van der Waals surface area contributed by atoms with E-state index in [0.29, 0.717) is 6.61 Å². The third kappa shape index (κ3) is 4.57. The van der Waals surface area contributed by atoms with Crippen LogP contribution in [0.1, 0.15) is 30.1 Å². The fourth-order valence-electron chi connectivity index (χ4n) is 3.11. The van der Waals surface area contributed by atoms with Crippen LogP contribution in [0, 0.1) is 0 Å². The lowest BCUT2D eigenvalue weighted by Gasteiger charge is -2.24. The number of likely N-dealkylation sites (tertiary alicyclic amines) is 1. The normalized spacial score (nSPS) is 17.6. The Balaban J connectivity index is 1.53.